The van der Waals surface area contributed by atoms with Gasteiger partial charge in [-0.3, -0.25) is 9.59 Å². The molecule has 3 N–H and O–H groups in total. The summed E-state index contributed by atoms with van der Waals surface area (Å²) in [5.41, 5.74) is 1.77. The van der Waals surface area contributed by atoms with Crippen LogP contribution in [0.25, 0.3) is 0 Å². The normalized spacial score (nSPS) is 13.4. The Hall–Kier alpha value is -4.27. The lowest BCUT2D eigenvalue weighted by molar-refractivity contribution is -0.118. The van der Waals surface area contributed by atoms with Gasteiger partial charge in [0.2, 0.25) is 0 Å². The molecule has 1 aliphatic rings. The van der Waals surface area contributed by atoms with Gasteiger partial charge in [-0.1, -0.05) is 18.9 Å². The summed E-state index contributed by atoms with van der Waals surface area (Å²) in [6.45, 7) is 1.35. The summed E-state index contributed by atoms with van der Waals surface area (Å²) in [6.07, 6.45) is 5.81. The fourth-order valence-electron chi connectivity index (χ4n) is 3.72. The number of benzene rings is 2. The van der Waals surface area contributed by atoms with E-state index in [4.69, 9.17) is 9.15 Å². The van der Waals surface area contributed by atoms with Crippen molar-refractivity contribution in [3.63, 3.8) is 0 Å². The molecule has 0 unspecified atom stereocenters. The molecule has 4 amide bonds. The van der Waals surface area contributed by atoms with E-state index in [-0.39, 0.29) is 30.2 Å². The molecule has 0 atom stereocenters. The number of amides is 4. The van der Waals surface area contributed by atoms with Gasteiger partial charge in [-0.2, -0.15) is 0 Å². The van der Waals surface area contributed by atoms with E-state index in [9.17, 15) is 14.4 Å². The summed E-state index contributed by atoms with van der Waals surface area (Å²) in [6, 6.07) is 16.8. The minimum absolute atomic E-state index is 0.0975. The number of carbonyl (C=O) groups excluding carboxylic acids is 3. The predicted octanol–water partition coefficient (Wildman–Crippen LogP) is 4.96. The van der Waals surface area contributed by atoms with Crippen molar-refractivity contribution in [1.29, 1.82) is 0 Å². The molecule has 2 heterocycles. The third kappa shape index (κ3) is 7.10. The Morgan fingerprint density at radius 2 is 1.51 bits per heavy atom. The first-order valence-electron chi connectivity index (χ1n) is 11.6. The summed E-state index contributed by atoms with van der Waals surface area (Å²) in [5, 5.41) is 8.38. The lowest BCUT2D eigenvalue weighted by Crippen LogP contribution is -2.35. The zero-order valence-electron chi connectivity index (χ0n) is 19.3. The molecule has 9 nitrogen and oxygen atoms in total. The van der Waals surface area contributed by atoms with Gasteiger partial charge in [0.25, 0.3) is 11.8 Å². The molecule has 1 saturated heterocycles. The lowest BCUT2D eigenvalue weighted by atomic mass is 10.2. The third-order valence-electron chi connectivity index (χ3n) is 5.52. The molecule has 2 aromatic carbocycles. The molecule has 1 aromatic heterocycles. The molecule has 0 spiro atoms. The van der Waals surface area contributed by atoms with Crippen LogP contribution in [0.15, 0.2) is 71.3 Å². The highest BCUT2D eigenvalue weighted by Gasteiger charge is 2.15. The fraction of sp³-hybridized carbons (Fsp3) is 0.269. The van der Waals surface area contributed by atoms with Crippen LogP contribution in [0.3, 0.4) is 0 Å². The Balaban J connectivity index is 1.23. The minimum Gasteiger partial charge on any atom is -0.484 e. The first kappa shape index (κ1) is 23.9. The van der Waals surface area contributed by atoms with Gasteiger partial charge >= 0.3 is 6.03 Å². The van der Waals surface area contributed by atoms with Crippen molar-refractivity contribution in [1.82, 2.24) is 4.90 Å². The van der Waals surface area contributed by atoms with Crippen molar-refractivity contribution >= 4 is 34.9 Å². The topological polar surface area (TPSA) is 113 Å². The van der Waals surface area contributed by atoms with Crippen molar-refractivity contribution in [2.45, 2.75) is 25.7 Å². The molecule has 0 saturated carbocycles. The molecule has 1 aliphatic heterocycles. The highest BCUT2D eigenvalue weighted by molar-refractivity contribution is 6.02. The summed E-state index contributed by atoms with van der Waals surface area (Å²) in [7, 11) is 0. The zero-order chi connectivity index (χ0) is 24.5. The van der Waals surface area contributed by atoms with Gasteiger partial charge in [0.05, 0.1) is 6.26 Å². The van der Waals surface area contributed by atoms with Crippen LogP contribution in [-0.4, -0.2) is 42.4 Å². The van der Waals surface area contributed by atoms with Crippen molar-refractivity contribution in [3.05, 3.63) is 72.7 Å². The number of anilines is 3. The van der Waals surface area contributed by atoms with Crippen molar-refractivity contribution in [2.75, 3.05) is 35.6 Å². The molecule has 0 aliphatic carbocycles. The van der Waals surface area contributed by atoms with E-state index in [1.165, 1.54) is 6.26 Å². The fourth-order valence-corrected chi connectivity index (χ4v) is 3.72. The van der Waals surface area contributed by atoms with Crippen molar-refractivity contribution < 1.29 is 23.5 Å². The number of hydrogen-bond donors (Lipinski definition) is 3. The van der Waals surface area contributed by atoms with Crippen LogP contribution in [0.5, 0.6) is 5.75 Å². The number of urea groups is 1. The Bertz CT molecular complexity index is 1140. The number of rotatable bonds is 7. The summed E-state index contributed by atoms with van der Waals surface area (Å²) < 4.78 is 10.6. The lowest BCUT2D eigenvalue weighted by Gasteiger charge is -2.20. The molecule has 4 rings (SSSR count). The largest absolute Gasteiger partial charge is 0.484 e. The Morgan fingerprint density at radius 1 is 0.800 bits per heavy atom. The Kier molecular flexibility index (Phi) is 8.00. The van der Waals surface area contributed by atoms with E-state index in [1.807, 2.05) is 4.90 Å². The van der Waals surface area contributed by atoms with Crippen LogP contribution in [0.4, 0.5) is 21.9 Å². The number of carbonyl (C=O) groups is 3. The molecular weight excluding hydrogens is 448 g/mol. The smallest absolute Gasteiger partial charge is 0.321 e. The molecule has 35 heavy (non-hydrogen) atoms. The maximum Gasteiger partial charge on any atom is 0.321 e. The minimum atomic E-state index is -0.379. The van der Waals surface area contributed by atoms with Gasteiger partial charge in [-0.05, 0) is 61.4 Å². The second kappa shape index (κ2) is 11.7. The average molecular weight is 477 g/mol. The first-order valence-corrected chi connectivity index (χ1v) is 11.6. The standard InChI is InChI=1S/C26H28N4O5/c31-24(18-35-22-8-5-7-21(17-22)28-25(32)23-9-6-16-34-23)27-19-10-12-20(13-11-19)29-26(33)30-14-3-1-2-4-15-30/h5-13,16-17H,1-4,14-15,18H2,(H,27,31)(H,28,32)(H,29,33). The summed E-state index contributed by atoms with van der Waals surface area (Å²) in [4.78, 5) is 38.7. The third-order valence-corrected chi connectivity index (χ3v) is 5.52. The Labute approximate surface area is 203 Å². The molecule has 3 aromatic rings. The number of furan rings is 1. The van der Waals surface area contributed by atoms with E-state index in [1.54, 1.807) is 60.7 Å². The van der Waals surface area contributed by atoms with Gasteiger partial charge < -0.3 is 30.0 Å². The molecular formula is C26H28N4O5. The van der Waals surface area contributed by atoms with Crippen LogP contribution in [0.2, 0.25) is 0 Å². The van der Waals surface area contributed by atoms with Gasteiger partial charge in [0, 0.05) is 36.2 Å². The van der Waals surface area contributed by atoms with E-state index in [0.29, 0.717) is 22.8 Å². The monoisotopic (exact) mass is 476 g/mol. The summed E-state index contributed by atoms with van der Waals surface area (Å²) >= 11 is 0. The second-order valence-corrected chi connectivity index (χ2v) is 8.20. The average Bonchev–Trinajstić information content (AvgIpc) is 3.27. The molecule has 0 bridgehead atoms. The van der Waals surface area contributed by atoms with Crippen LogP contribution >= 0.6 is 0 Å². The van der Waals surface area contributed by atoms with E-state index in [2.05, 4.69) is 16.0 Å². The van der Waals surface area contributed by atoms with E-state index < -0.39 is 0 Å². The SMILES string of the molecule is O=C(COc1cccc(NC(=O)c2ccco2)c1)Nc1ccc(NC(=O)N2CCCCCC2)cc1. The molecule has 0 radical (unpaired) electrons. The molecule has 1 fully saturated rings. The number of ether oxygens (including phenoxy) is 1. The number of likely N-dealkylation sites (tertiary alicyclic amines) is 1. The summed E-state index contributed by atoms with van der Waals surface area (Å²) in [5.74, 6) is -0.0838. The number of nitrogens with one attached hydrogen (secondary N) is 3. The van der Waals surface area contributed by atoms with Gasteiger partial charge in [-0.25, -0.2) is 4.79 Å². The maximum atomic E-state index is 12.4. The maximum absolute atomic E-state index is 12.4. The van der Waals surface area contributed by atoms with E-state index >= 15 is 0 Å². The molecule has 182 valence electrons. The van der Waals surface area contributed by atoms with Crippen molar-refractivity contribution in [3.8, 4) is 5.75 Å². The highest BCUT2D eigenvalue weighted by atomic mass is 16.5. The second-order valence-electron chi connectivity index (χ2n) is 8.20. The Morgan fingerprint density at radius 3 is 2.20 bits per heavy atom. The first-order chi connectivity index (χ1) is 17.1. The van der Waals surface area contributed by atoms with Gasteiger partial charge in [-0.15, -0.1) is 0 Å². The quantitative estimate of drug-likeness (QED) is 0.446. The van der Waals surface area contributed by atoms with Gasteiger partial charge in [0.15, 0.2) is 12.4 Å². The van der Waals surface area contributed by atoms with Crippen LogP contribution < -0.4 is 20.7 Å². The molecule has 9 heteroatoms. The highest BCUT2D eigenvalue weighted by Crippen LogP contribution is 2.19. The number of nitrogens with zero attached hydrogens (tertiary/aromatic N) is 1. The van der Waals surface area contributed by atoms with Crippen LogP contribution in [0.1, 0.15) is 36.2 Å². The van der Waals surface area contributed by atoms with E-state index in [0.717, 1.165) is 38.8 Å². The zero-order valence-corrected chi connectivity index (χ0v) is 19.3. The predicted molar refractivity (Wildman–Crippen MR) is 133 cm³/mol. The van der Waals surface area contributed by atoms with Crippen molar-refractivity contribution in [2.24, 2.45) is 0 Å². The van der Waals surface area contributed by atoms with Crippen LogP contribution in [0, 0.1) is 0 Å². The van der Waals surface area contributed by atoms with Crippen LogP contribution in [-0.2, 0) is 4.79 Å². The van der Waals surface area contributed by atoms with Gasteiger partial charge in [0.1, 0.15) is 5.75 Å². The number of hydrogen-bond acceptors (Lipinski definition) is 5.